The average molecular weight is 400 g/mol. The van der Waals surface area contributed by atoms with E-state index in [0.717, 1.165) is 27.5 Å². The second-order valence-corrected chi connectivity index (χ2v) is 6.38. The van der Waals surface area contributed by atoms with Crippen molar-refractivity contribution in [3.8, 4) is 0 Å². The zero-order valence-corrected chi connectivity index (χ0v) is 14.4. The van der Waals surface area contributed by atoms with E-state index < -0.39 is 0 Å². The Bertz CT molecular complexity index is 590. The van der Waals surface area contributed by atoms with E-state index in [0.29, 0.717) is 12.2 Å². The van der Waals surface area contributed by atoms with Crippen LogP contribution in [0.1, 0.15) is 29.4 Å². The van der Waals surface area contributed by atoms with Crippen LogP contribution in [0.4, 0.5) is 0 Å². The molecule has 0 aliphatic heterocycles. The summed E-state index contributed by atoms with van der Waals surface area (Å²) in [6, 6.07) is 9.78. The van der Waals surface area contributed by atoms with E-state index in [1.54, 1.807) is 0 Å². The minimum atomic E-state index is -0.0490. The maximum absolute atomic E-state index is 12.2. The first kappa shape index (κ1) is 15.3. The van der Waals surface area contributed by atoms with Crippen LogP contribution in [0.3, 0.4) is 0 Å². The molecule has 2 aromatic rings. The van der Waals surface area contributed by atoms with Gasteiger partial charge in [0, 0.05) is 28.2 Å². The Morgan fingerprint density at radius 2 is 1.90 bits per heavy atom. The first-order valence-corrected chi connectivity index (χ1v) is 8.07. The van der Waals surface area contributed by atoms with Crippen LogP contribution in [0.2, 0.25) is 0 Å². The minimum absolute atomic E-state index is 0.0490. The zero-order chi connectivity index (χ0) is 14.5. The standard InChI is InChI=1S/C15H16Br2N2O/c1-2-7-19-10-13(17)8-14(19)15(20)18-9-11-3-5-12(16)6-4-11/h3-6,8,10H,2,7,9H2,1H3,(H,18,20). The topological polar surface area (TPSA) is 34.0 Å². The van der Waals surface area contributed by atoms with E-state index in [4.69, 9.17) is 0 Å². The summed E-state index contributed by atoms with van der Waals surface area (Å²) in [5, 5.41) is 2.95. The quantitative estimate of drug-likeness (QED) is 0.796. The number of aromatic nitrogens is 1. The van der Waals surface area contributed by atoms with Crippen molar-refractivity contribution >= 4 is 37.8 Å². The number of benzene rings is 1. The highest BCUT2D eigenvalue weighted by atomic mass is 79.9. The molecule has 106 valence electrons. The summed E-state index contributed by atoms with van der Waals surface area (Å²) < 4.78 is 3.94. The lowest BCUT2D eigenvalue weighted by Crippen LogP contribution is -2.25. The number of aryl methyl sites for hydroxylation is 1. The van der Waals surface area contributed by atoms with Crippen LogP contribution in [0.15, 0.2) is 45.5 Å². The van der Waals surface area contributed by atoms with Gasteiger partial charge in [-0.25, -0.2) is 0 Å². The van der Waals surface area contributed by atoms with Crippen molar-refractivity contribution in [3.05, 3.63) is 56.7 Å². The van der Waals surface area contributed by atoms with Crippen LogP contribution in [0, 0.1) is 0 Å². The third kappa shape index (κ3) is 3.96. The normalized spacial score (nSPS) is 10.6. The molecule has 0 saturated heterocycles. The van der Waals surface area contributed by atoms with Gasteiger partial charge in [0.15, 0.2) is 0 Å². The van der Waals surface area contributed by atoms with Gasteiger partial charge in [0.1, 0.15) is 5.69 Å². The first-order chi connectivity index (χ1) is 9.60. The van der Waals surface area contributed by atoms with Gasteiger partial charge in [0.2, 0.25) is 0 Å². The summed E-state index contributed by atoms with van der Waals surface area (Å²) >= 11 is 6.82. The molecule has 1 amide bonds. The molecule has 1 aromatic carbocycles. The number of nitrogens with zero attached hydrogens (tertiary/aromatic N) is 1. The van der Waals surface area contributed by atoms with Gasteiger partial charge in [-0.05, 0) is 46.1 Å². The Morgan fingerprint density at radius 3 is 2.55 bits per heavy atom. The minimum Gasteiger partial charge on any atom is -0.347 e. The Balaban J connectivity index is 2.03. The molecule has 0 aliphatic rings. The van der Waals surface area contributed by atoms with Crippen molar-refractivity contribution in [1.82, 2.24) is 9.88 Å². The van der Waals surface area contributed by atoms with E-state index in [-0.39, 0.29) is 5.91 Å². The van der Waals surface area contributed by atoms with Crippen molar-refractivity contribution in [3.63, 3.8) is 0 Å². The summed E-state index contributed by atoms with van der Waals surface area (Å²) in [6.07, 6.45) is 2.94. The third-order valence-corrected chi connectivity index (χ3v) is 3.89. The molecule has 1 heterocycles. The lowest BCUT2D eigenvalue weighted by Gasteiger charge is -2.09. The first-order valence-electron chi connectivity index (χ1n) is 6.48. The van der Waals surface area contributed by atoms with Gasteiger partial charge >= 0.3 is 0 Å². The maximum Gasteiger partial charge on any atom is 0.268 e. The number of nitrogens with one attached hydrogen (secondary N) is 1. The predicted octanol–water partition coefficient (Wildman–Crippen LogP) is 4.35. The fraction of sp³-hybridized carbons (Fsp3) is 0.267. The molecule has 0 saturated carbocycles. The van der Waals surface area contributed by atoms with Gasteiger partial charge in [-0.1, -0.05) is 35.0 Å². The molecule has 0 unspecified atom stereocenters. The number of amides is 1. The Kier molecular flexibility index (Phi) is 5.43. The van der Waals surface area contributed by atoms with Gasteiger partial charge in [0.25, 0.3) is 5.91 Å². The van der Waals surface area contributed by atoms with Crippen molar-refractivity contribution < 1.29 is 4.79 Å². The van der Waals surface area contributed by atoms with Crippen molar-refractivity contribution in [2.75, 3.05) is 0 Å². The highest BCUT2D eigenvalue weighted by Crippen LogP contribution is 2.16. The van der Waals surface area contributed by atoms with Crippen LogP contribution in [0.5, 0.6) is 0 Å². The largest absolute Gasteiger partial charge is 0.347 e. The Labute approximate surface area is 135 Å². The SMILES string of the molecule is CCCn1cc(Br)cc1C(=O)NCc1ccc(Br)cc1. The zero-order valence-electron chi connectivity index (χ0n) is 11.2. The van der Waals surface area contributed by atoms with Gasteiger partial charge in [0.05, 0.1) is 0 Å². The molecule has 1 aromatic heterocycles. The smallest absolute Gasteiger partial charge is 0.268 e. The van der Waals surface area contributed by atoms with Gasteiger partial charge in [-0.2, -0.15) is 0 Å². The highest BCUT2D eigenvalue weighted by Gasteiger charge is 2.12. The van der Waals surface area contributed by atoms with Crippen molar-refractivity contribution in [1.29, 1.82) is 0 Å². The maximum atomic E-state index is 12.2. The number of carbonyl (C=O) groups is 1. The van der Waals surface area contributed by atoms with Crippen LogP contribution in [-0.2, 0) is 13.1 Å². The van der Waals surface area contributed by atoms with Crippen molar-refractivity contribution in [2.45, 2.75) is 26.4 Å². The Morgan fingerprint density at radius 1 is 1.20 bits per heavy atom. The monoisotopic (exact) mass is 398 g/mol. The van der Waals surface area contributed by atoms with E-state index in [9.17, 15) is 4.79 Å². The highest BCUT2D eigenvalue weighted by molar-refractivity contribution is 9.10. The number of hydrogen-bond donors (Lipinski definition) is 1. The number of rotatable bonds is 5. The van der Waals surface area contributed by atoms with E-state index >= 15 is 0 Å². The summed E-state index contributed by atoms with van der Waals surface area (Å²) in [6.45, 7) is 3.46. The van der Waals surface area contributed by atoms with Gasteiger partial charge in [-0.3, -0.25) is 4.79 Å². The van der Waals surface area contributed by atoms with Crippen molar-refractivity contribution in [2.24, 2.45) is 0 Å². The number of halogens is 2. The fourth-order valence-corrected chi connectivity index (χ4v) is 2.69. The predicted molar refractivity (Wildman–Crippen MR) is 87.7 cm³/mol. The second kappa shape index (κ2) is 7.09. The Hall–Kier alpha value is -1.07. The van der Waals surface area contributed by atoms with Crippen LogP contribution >= 0.6 is 31.9 Å². The lowest BCUT2D eigenvalue weighted by atomic mass is 10.2. The molecule has 5 heteroatoms. The van der Waals surface area contributed by atoms with Crippen LogP contribution < -0.4 is 5.32 Å². The number of hydrogen-bond acceptors (Lipinski definition) is 1. The molecule has 3 nitrogen and oxygen atoms in total. The lowest BCUT2D eigenvalue weighted by molar-refractivity contribution is 0.0941. The molecule has 0 bridgehead atoms. The van der Waals surface area contributed by atoms with E-state index in [1.165, 1.54) is 0 Å². The summed E-state index contributed by atoms with van der Waals surface area (Å²) in [5.74, 6) is -0.0490. The van der Waals surface area contributed by atoms with E-state index in [1.807, 2.05) is 41.1 Å². The molecular formula is C15H16Br2N2O. The molecule has 2 rings (SSSR count). The van der Waals surface area contributed by atoms with Gasteiger partial charge < -0.3 is 9.88 Å². The summed E-state index contributed by atoms with van der Waals surface area (Å²) in [7, 11) is 0. The molecule has 0 spiro atoms. The second-order valence-electron chi connectivity index (χ2n) is 4.55. The fourth-order valence-electron chi connectivity index (χ4n) is 1.97. The molecule has 1 N–H and O–H groups in total. The van der Waals surface area contributed by atoms with E-state index in [2.05, 4.69) is 44.1 Å². The molecule has 0 atom stereocenters. The average Bonchev–Trinajstić information content (AvgIpc) is 2.79. The molecule has 20 heavy (non-hydrogen) atoms. The van der Waals surface area contributed by atoms with Crippen LogP contribution in [-0.4, -0.2) is 10.5 Å². The number of carbonyl (C=O) groups excluding carboxylic acids is 1. The molecule has 0 aliphatic carbocycles. The molecular weight excluding hydrogens is 384 g/mol. The summed E-state index contributed by atoms with van der Waals surface area (Å²) in [4.78, 5) is 12.2. The third-order valence-electron chi connectivity index (χ3n) is 2.93. The summed E-state index contributed by atoms with van der Waals surface area (Å²) in [5.41, 5.74) is 1.77. The molecule has 0 fully saturated rings. The molecule has 0 radical (unpaired) electrons. The van der Waals surface area contributed by atoms with Crippen LogP contribution in [0.25, 0.3) is 0 Å². The van der Waals surface area contributed by atoms with Gasteiger partial charge in [-0.15, -0.1) is 0 Å².